The van der Waals surface area contributed by atoms with Crippen LogP contribution in [0.15, 0.2) is 58.9 Å². The summed E-state index contributed by atoms with van der Waals surface area (Å²) >= 11 is 0. The van der Waals surface area contributed by atoms with Crippen LogP contribution < -0.4 is 26.2 Å². The molecular formula is C52H63F2N9O10. The molecule has 390 valence electrons. The number of fused-ring (bicyclic) bond motifs is 2. The van der Waals surface area contributed by atoms with E-state index in [1.54, 1.807) is 53.3 Å². The van der Waals surface area contributed by atoms with Crippen LogP contribution in [0, 0.1) is 17.8 Å². The zero-order valence-corrected chi connectivity index (χ0v) is 41.1. The number of halogens is 2. The number of ether oxygens (including phenoxy) is 4. The molecule has 5 amide bonds. The maximum absolute atomic E-state index is 15.0. The minimum Gasteiger partial charge on any atom is -0.382 e. The summed E-state index contributed by atoms with van der Waals surface area (Å²) < 4.78 is 54.1. The number of benzene rings is 2. The van der Waals surface area contributed by atoms with Gasteiger partial charge in [0, 0.05) is 99.1 Å². The molecule has 9 rings (SSSR count). The lowest BCUT2D eigenvalue weighted by Gasteiger charge is -2.35. The summed E-state index contributed by atoms with van der Waals surface area (Å²) in [6, 6.07) is 8.26. The second-order valence-electron chi connectivity index (χ2n) is 19.0. The van der Waals surface area contributed by atoms with Crippen molar-refractivity contribution in [3.05, 3.63) is 76.1 Å². The number of hydrogen-bond acceptors (Lipinski definition) is 14. The van der Waals surface area contributed by atoms with E-state index >= 15 is 0 Å². The van der Waals surface area contributed by atoms with Gasteiger partial charge in [0.05, 0.1) is 82.4 Å². The van der Waals surface area contributed by atoms with Crippen LogP contribution in [0.25, 0.3) is 11.1 Å². The number of hydrogen-bond donors (Lipinski definition) is 4. The molecule has 2 fully saturated rings. The molecule has 0 spiro atoms. The van der Waals surface area contributed by atoms with E-state index in [4.69, 9.17) is 23.9 Å². The van der Waals surface area contributed by atoms with Crippen molar-refractivity contribution in [1.82, 2.24) is 30.6 Å². The van der Waals surface area contributed by atoms with E-state index in [1.807, 2.05) is 6.07 Å². The van der Waals surface area contributed by atoms with Crippen molar-refractivity contribution in [2.24, 2.45) is 22.7 Å². The van der Waals surface area contributed by atoms with Crippen LogP contribution in [0.3, 0.4) is 0 Å². The molecule has 19 nitrogen and oxygen atoms in total. The van der Waals surface area contributed by atoms with Crippen LogP contribution in [0.1, 0.15) is 83.2 Å². The zero-order valence-electron chi connectivity index (χ0n) is 41.1. The number of aryl methyl sites for hydroxylation is 1. The molecule has 3 atom stereocenters. The Labute approximate surface area is 421 Å². The zero-order chi connectivity index (χ0) is 51.0. The van der Waals surface area contributed by atoms with Gasteiger partial charge in [-0.05, 0) is 79.3 Å². The summed E-state index contributed by atoms with van der Waals surface area (Å²) in [7, 11) is 1.62. The number of carbonyl (C=O) groups is 6. The molecule has 73 heavy (non-hydrogen) atoms. The second kappa shape index (κ2) is 23.6. The molecular weight excluding hydrogens is 949 g/mol. The van der Waals surface area contributed by atoms with Crippen LogP contribution in [0.5, 0.6) is 0 Å². The summed E-state index contributed by atoms with van der Waals surface area (Å²) in [5, 5.41) is 15.4. The minimum atomic E-state index is -2.75. The van der Waals surface area contributed by atoms with Crippen LogP contribution in [0.2, 0.25) is 0 Å². The van der Waals surface area contributed by atoms with E-state index in [0.29, 0.717) is 95.1 Å². The number of imide groups is 1. The van der Waals surface area contributed by atoms with E-state index in [0.717, 1.165) is 54.8 Å². The quantitative estimate of drug-likeness (QED) is 0.0696. The maximum atomic E-state index is 15.0. The first-order chi connectivity index (χ1) is 35.5. The molecule has 6 aliphatic rings. The maximum Gasteiger partial charge on any atom is 0.317 e. The highest BCUT2D eigenvalue weighted by molar-refractivity contribution is 6.30. The minimum absolute atomic E-state index is 0.0135. The van der Waals surface area contributed by atoms with Crippen LogP contribution in [0.4, 0.5) is 25.0 Å². The molecule has 0 saturated carbocycles. The first-order valence-corrected chi connectivity index (χ1v) is 25.4. The molecule has 5 aliphatic heterocycles. The van der Waals surface area contributed by atoms with Gasteiger partial charge >= 0.3 is 6.03 Å². The van der Waals surface area contributed by atoms with E-state index < -0.39 is 41.6 Å². The number of amides is 5. The average Bonchev–Trinajstić information content (AvgIpc) is 4.10. The number of Topliss-reactive ketones (excluding diaryl/α,β-unsaturated/α-hetero) is 2. The molecule has 6 heterocycles. The van der Waals surface area contributed by atoms with Crippen molar-refractivity contribution < 1.29 is 56.5 Å². The van der Waals surface area contributed by atoms with Crippen molar-refractivity contribution in [1.29, 1.82) is 0 Å². The molecule has 1 aromatic heterocycles. The van der Waals surface area contributed by atoms with Crippen molar-refractivity contribution in [2.75, 3.05) is 103 Å². The molecule has 3 unspecified atom stereocenters. The largest absolute Gasteiger partial charge is 0.382 e. The Morgan fingerprint density at radius 3 is 2.45 bits per heavy atom. The van der Waals surface area contributed by atoms with Crippen LogP contribution in [-0.2, 0) is 46.3 Å². The molecule has 2 aromatic carbocycles. The van der Waals surface area contributed by atoms with Gasteiger partial charge in [-0.25, -0.2) is 13.6 Å². The normalized spacial score (nSPS) is 21.0. The van der Waals surface area contributed by atoms with Crippen molar-refractivity contribution in [3.63, 3.8) is 0 Å². The fraction of sp³-hybridized carbons (Fsp3) is 0.538. The average molecular weight is 1010 g/mol. The van der Waals surface area contributed by atoms with E-state index in [2.05, 4.69) is 31.3 Å². The standard InChI is InChI=1S/C52H63F2N9O10/c1-55-52(69)61-16-9-34-39(30-61)50(60-46(34)31-10-18-70-19-11-31)63-15-3-4-32-26-37(38(49(53)54)27-41(32)63)33-28-58-62(29-33)17-13-57-42(64)12-20-71-22-24-73-25-23-72-21-14-56-40-6-2-5-35-44(40)48(67)45(47(35)66)36-7-8-43(65)59-51(36)68/h2,5-6,26-29,31,36,45-46,49,56H,3-4,7-25,30H2,1H3,(H,55,69)(H,57,64)(H,59,65,68). The fourth-order valence-electron chi connectivity index (χ4n) is 10.9. The summed E-state index contributed by atoms with van der Waals surface area (Å²) in [6.45, 7) is 5.67. The number of carbonyl (C=O) groups excluding carboxylic acids is 6. The fourth-order valence-corrected chi connectivity index (χ4v) is 10.9. The first-order valence-electron chi connectivity index (χ1n) is 25.4. The van der Waals surface area contributed by atoms with Gasteiger partial charge in [0.15, 0.2) is 11.6 Å². The van der Waals surface area contributed by atoms with Gasteiger partial charge in [0.2, 0.25) is 17.7 Å². The molecule has 1 aliphatic carbocycles. The van der Waals surface area contributed by atoms with Gasteiger partial charge in [-0.3, -0.25) is 39.0 Å². The number of rotatable bonds is 20. The number of urea groups is 1. The Balaban J connectivity index is 0.680. The smallest absolute Gasteiger partial charge is 0.317 e. The highest BCUT2D eigenvalue weighted by Crippen LogP contribution is 2.44. The third-order valence-corrected chi connectivity index (χ3v) is 14.6. The summed E-state index contributed by atoms with van der Waals surface area (Å²) in [5.41, 5.74) is 5.83. The molecule has 0 bridgehead atoms. The van der Waals surface area contributed by atoms with Crippen molar-refractivity contribution in [2.45, 2.75) is 70.4 Å². The number of aliphatic imine (C=N–C) groups is 1. The summed E-state index contributed by atoms with van der Waals surface area (Å²) in [5.74, 6) is -2.94. The van der Waals surface area contributed by atoms with E-state index in [1.165, 1.54) is 5.57 Å². The topological polar surface area (TPSA) is 224 Å². The molecule has 0 radical (unpaired) electrons. The number of anilines is 2. The Morgan fingerprint density at radius 1 is 0.904 bits per heavy atom. The lowest BCUT2D eigenvalue weighted by Crippen LogP contribution is -2.46. The SMILES string of the molecule is CNC(=O)N1CCC2=C(C1)C(N1CCCc3cc(-c4cnn(CCNC(=O)CCOCCOCCOCCNc5cccc6c5C(=O)C(C5CCC(=O)NC5=O)C6=O)c4)c(C(F)F)cc31)=NC2C1CCOCC1. The number of aromatic nitrogens is 2. The number of nitrogens with zero attached hydrogens (tertiary/aromatic N) is 5. The molecule has 2 saturated heterocycles. The predicted octanol–water partition coefficient (Wildman–Crippen LogP) is 4.51. The number of piperidine rings is 1. The van der Waals surface area contributed by atoms with Crippen molar-refractivity contribution >= 4 is 52.5 Å². The van der Waals surface area contributed by atoms with E-state index in [9.17, 15) is 37.5 Å². The Hall–Kier alpha value is -6.42. The number of nitrogens with one attached hydrogen (secondary N) is 4. The molecule has 21 heteroatoms. The monoisotopic (exact) mass is 1010 g/mol. The summed E-state index contributed by atoms with van der Waals surface area (Å²) in [4.78, 5) is 85.1. The summed E-state index contributed by atoms with van der Waals surface area (Å²) in [6.07, 6.45) is 4.99. The third kappa shape index (κ3) is 11.5. The van der Waals surface area contributed by atoms with Gasteiger partial charge in [-0.15, -0.1) is 0 Å². The second-order valence-corrected chi connectivity index (χ2v) is 19.0. The van der Waals surface area contributed by atoms with Gasteiger partial charge in [-0.2, -0.15) is 5.10 Å². The highest BCUT2D eigenvalue weighted by Gasteiger charge is 2.48. The Morgan fingerprint density at radius 2 is 1.68 bits per heavy atom. The third-order valence-electron chi connectivity index (χ3n) is 14.6. The Bertz CT molecular complexity index is 2650. The Kier molecular flexibility index (Phi) is 16.7. The van der Waals surface area contributed by atoms with E-state index in [-0.39, 0.29) is 73.7 Å². The van der Waals surface area contributed by atoms with Crippen LogP contribution >= 0.6 is 0 Å². The van der Waals surface area contributed by atoms with Crippen molar-refractivity contribution in [3.8, 4) is 11.1 Å². The van der Waals surface area contributed by atoms with Gasteiger partial charge in [-0.1, -0.05) is 12.1 Å². The highest BCUT2D eigenvalue weighted by atomic mass is 19.3. The first kappa shape index (κ1) is 51.5. The number of alkyl halides is 2. The number of amidine groups is 1. The lowest BCUT2D eigenvalue weighted by atomic mass is 9.82. The van der Waals surface area contributed by atoms with Crippen LogP contribution in [-0.4, -0.2) is 155 Å². The van der Waals surface area contributed by atoms with Gasteiger partial charge in [0.25, 0.3) is 6.43 Å². The molecule has 3 aromatic rings. The molecule has 4 N–H and O–H groups in total. The van der Waals surface area contributed by atoms with Gasteiger partial charge < -0.3 is 44.7 Å². The predicted molar refractivity (Wildman–Crippen MR) is 264 cm³/mol. The number of ketones is 2. The van der Waals surface area contributed by atoms with Gasteiger partial charge in [0.1, 0.15) is 5.84 Å². The lowest BCUT2D eigenvalue weighted by molar-refractivity contribution is -0.137.